The maximum absolute atomic E-state index is 12.7. The number of benzene rings is 3. The Morgan fingerprint density at radius 3 is 2.27 bits per heavy atom. The van der Waals surface area contributed by atoms with Gasteiger partial charge >= 0.3 is 6.18 Å². The molecule has 0 bridgehead atoms. The average Bonchev–Trinajstić information content (AvgIpc) is 3.00. The number of nitrogens with one attached hydrogen (secondary N) is 1. The fourth-order valence-electron chi connectivity index (χ4n) is 3.54. The van der Waals surface area contributed by atoms with Gasteiger partial charge < -0.3 is 4.57 Å². The van der Waals surface area contributed by atoms with Crippen molar-refractivity contribution in [3.63, 3.8) is 0 Å². The van der Waals surface area contributed by atoms with Crippen molar-refractivity contribution >= 4 is 22.7 Å². The maximum atomic E-state index is 12.7. The van der Waals surface area contributed by atoms with Gasteiger partial charge in [0, 0.05) is 22.6 Å². The van der Waals surface area contributed by atoms with E-state index in [1.807, 2.05) is 32.0 Å². The lowest BCUT2D eigenvalue weighted by atomic mass is 10.1. The number of rotatable bonds is 4. The number of alkyl halides is 3. The topological polar surface area (TPSA) is 29.3 Å². The molecule has 4 aromatic rings. The Kier molecular flexibility index (Phi) is 5.08. The smallest absolute Gasteiger partial charge is 0.318 e. The molecule has 4 rings (SSSR count). The molecule has 0 aliphatic rings. The fourth-order valence-corrected chi connectivity index (χ4v) is 3.54. The van der Waals surface area contributed by atoms with Gasteiger partial charge in [-0.3, -0.25) is 5.43 Å². The molecule has 6 heteroatoms. The van der Waals surface area contributed by atoms with Crippen LogP contribution in [-0.4, -0.2) is 10.8 Å². The number of aryl methyl sites for hydroxylation is 1. The van der Waals surface area contributed by atoms with E-state index in [0.717, 1.165) is 34.8 Å². The van der Waals surface area contributed by atoms with E-state index in [4.69, 9.17) is 0 Å². The largest absolute Gasteiger partial charge is 0.416 e. The van der Waals surface area contributed by atoms with Crippen LogP contribution < -0.4 is 5.43 Å². The second-order valence-corrected chi connectivity index (χ2v) is 7.14. The third kappa shape index (κ3) is 3.94. The van der Waals surface area contributed by atoms with Crippen molar-refractivity contribution in [3.8, 4) is 5.69 Å². The normalized spacial score (nSPS) is 12.0. The lowest BCUT2D eigenvalue weighted by Crippen LogP contribution is -2.04. The van der Waals surface area contributed by atoms with Crippen molar-refractivity contribution in [2.75, 3.05) is 5.43 Å². The fraction of sp³-hybridized carbons (Fsp3) is 0.125. The molecule has 0 atom stereocenters. The molecule has 0 aliphatic carbocycles. The zero-order valence-electron chi connectivity index (χ0n) is 16.5. The molecule has 30 heavy (non-hydrogen) atoms. The number of halogens is 3. The summed E-state index contributed by atoms with van der Waals surface area (Å²) in [5.41, 5.74) is 6.68. The first-order chi connectivity index (χ1) is 14.3. The van der Waals surface area contributed by atoms with Gasteiger partial charge in [-0.1, -0.05) is 30.3 Å². The van der Waals surface area contributed by atoms with Gasteiger partial charge in [-0.15, -0.1) is 0 Å². The predicted octanol–water partition coefficient (Wildman–Crippen LogP) is 6.71. The van der Waals surface area contributed by atoms with Crippen LogP contribution in [0.3, 0.4) is 0 Å². The predicted molar refractivity (Wildman–Crippen MR) is 115 cm³/mol. The molecule has 0 saturated heterocycles. The molecule has 3 aromatic carbocycles. The number of hydrogen-bond acceptors (Lipinski definition) is 2. The van der Waals surface area contributed by atoms with Gasteiger partial charge in [0.25, 0.3) is 0 Å². The summed E-state index contributed by atoms with van der Waals surface area (Å²) in [5, 5.41) is 6.55. The van der Waals surface area contributed by atoms with E-state index in [0.29, 0.717) is 5.69 Å². The molecule has 3 nitrogen and oxygen atoms in total. The molecule has 0 unspecified atom stereocenters. The van der Waals surface area contributed by atoms with E-state index >= 15 is 0 Å². The second kappa shape index (κ2) is 7.71. The van der Waals surface area contributed by atoms with Crippen LogP contribution in [0.5, 0.6) is 0 Å². The third-order valence-electron chi connectivity index (χ3n) is 5.07. The molecule has 1 heterocycles. The van der Waals surface area contributed by atoms with Crippen molar-refractivity contribution < 1.29 is 13.2 Å². The molecule has 0 amide bonds. The standard InChI is InChI=1S/C24H20F3N3/c1-16-13-20(15-28-29-22-10-8-21(9-11-22)24(25,26)27)17(2)30(16)23-12-7-18-5-3-4-6-19(18)14-23/h3-15,29H,1-2H3/b28-15+. The summed E-state index contributed by atoms with van der Waals surface area (Å²) in [4.78, 5) is 0. The minimum atomic E-state index is -4.35. The quantitative estimate of drug-likeness (QED) is 0.296. The van der Waals surface area contributed by atoms with Crippen LogP contribution in [0.1, 0.15) is 22.5 Å². The van der Waals surface area contributed by atoms with E-state index in [2.05, 4.69) is 45.4 Å². The summed E-state index contributed by atoms with van der Waals surface area (Å²) >= 11 is 0. The van der Waals surface area contributed by atoms with E-state index in [1.54, 1.807) is 6.21 Å². The van der Waals surface area contributed by atoms with Crippen LogP contribution in [0.25, 0.3) is 16.5 Å². The van der Waals surface area contributed by atoms with Gasteiger partial charge in [0.05, 0.1) is 17.5 Å². The number of hydrogen-bond donors (Lipinski definition) is 1. The number of aromatic nitrogens is 1. The monoisotopic (exact) mass is 407 g/mol. The second-order valence-electron chi connectivity index (χ2n) is 7.14. The Morgan fingerprint density at radius 1 is 0.867 bits per heavy atom. The Balaban J connectivity index is 1.56. The number of anilines is 1. The van der Waals surface area contributed by atoms with Crippen LogP contribution in [-0.2, 0) is 6.18 Å². The molecule has 0 fully saturated rings. The van der Waals surface area contributed by atoms with E-state index in [-0.39, 0.29) is 0 Å². The first kappa shape index (κ1) is 19.8. The average molecular weight is 407 g/mol. The lowest BCUT2D eigenvalue weighted by Gasteiger charge is -2.11. The number of hydrazone groups is 1. The van der Waals surface area contributed by atoms with Crippen molar-refractivity contribution in [1.82, 2.24) is 4.57 Å². The summed E-state index contributed by atoms with van der Waals surface area (Å²) in [6.07, 6.45) is -2.67. The van der Waals surface area contributed by atoms with Crippen LogP contribution in [0, 0.1) is 13.8 Å². The van der Waals surface area contributed by atoms with Gasteiger partial charge in [0.1, 0.15) is 0 Å². The summed E-state index contributed by atoms with van der Waals surface area (Å²) in [6, 6.07) is 21.4. The van der Waals surface area contributed by atoms with Crippen molar-refractivity contribution in [2.45, 2.75) is 20.0 Å². The summed E-state index contributed by atoms with van der Waals surface area (Å²) in [7, 11) is 0. The molecule has 0 aliphatic heterocycles. The zero-order chi connectivity index (χ0) is 21.3. The molecule has 1 N–H and O–H groups in total. The molecule has 1 aromatic heterocycles. The Morgan fingerprint density at radius 2 is 1.57 bits per heavy atom. The van der Waals surface area contributed by atoms with Gasteiger partial charge in [-0.25, -0.2) is 0 Å². The molecule has 0 spiro atoms. The summed E-state index contributed by atoms with van der Waals surface area (Å²) < 4.78 is 40.1. The molecular weight excluding hydrogens is 387 g/mol. The number of fused-ring (bicyclic) bond motifs is 1. The van der Waals surface area contributed by atoms with Gasteiger partial charge in [-0.2, -0.15) is 18.3 Å². The van der Waals surface area contributed by atoms with Crippen molar-refractivity contribution in [1.29, 1.82) is 0 Å². The molecular formula is C24H20F3N3. The summed E-state index contributed by atoms with van der Waals surface area (Å²) in [6.45, 7) is 4.05. The van der Waals surface area contributed by atoms with Crippen LogP contribution in [0.4, 0.5) is 18.9 Å². The minimum Gasteiger partial charge on any atom is -0.318 e. The van der Waals surface area contributed by atoms with Gasteiger partial charge in [0.2, 0.25) is 0 Å². The van der Waals surface area contributed by atoms with E-state index in [1.165, 1.54) is 22.9 Å². The molecule has 152 valence electrons. The highest BCUT2D eigenvalue weighted by Crippen LogP contribution is 2.30. The Labute approximate surface area is 172 Å². The molecule has 0 saturated carbocycles. The van der Waals surface area contributed by atoms with Crippen molar-refractivity contribution in [2.24, 2.45) is 5.10 Å². The van der Waals surface area contributed by atoms with Crippen LogP contribution >= 0.6 is 0 Å². The SMILES string of the molecule is Cc1cc(/C=N/Nc2ccc(C(F)(F)F)cc2)c(C)n1-c1ccc2ccccc2c1. The highest BCUT2D eigenvalue weighted by Gasteiger charge is 2.29. The lowest BCUT2D eigenvalue weighted by molar-refractivity contribution is -0.137. The van der Waals surface area contributed by atoms with Gasteiger partial charge in [0.15, 0.2) is 0 Å². The summed E-state index contributed by atoms with van der Waals surface area (Å²) in [5.74, 6) is 0. The van der Waals surface area contributed by atoms with Crippen LogP contribution in [0.15, 0.2) is 77.9 Å². The van der Waals surface area contributed by atoms with Crippen molar-refractivity contribution in [3.05, 3.63) is 95.3 Å². The first-order valence-corrected chi connectivity index (χ1v) is 9.47. The minimum absolute atomic E-state index is 0.489. The number of nitrogens with zero attached hydrogens (tertiary/aromatic N) is 2. The Hall–Kier alpha value is -3.54. The Bertz CT molecular complexity index is 1220. The third-order valence-corrected chi connectivity index (χ3v) is 5.07. The zero-order valence-corrected chi connectivity index (χ0v) is 16.5. The van der Waals surface area contributed by atoms with E-state index < -0.39 is 11.7 Å². The van der Waals surface area contributed by atoms with Crippen LogP contribution in [0.2, 0.25) is 0 Å². The van der Waals surface area contributed by atoms with Gasteiger partial charge in [-0.05, 0) is 67.1 Å². The van der Waals surface area contributed by atoms with E-state index in [9.17, 15) is 13.2 Å². The maximum Gasteiger partial charge on any atom is 0.416 e. The highest BCUT2D eigenvalue weighted by atomic mass is 19.4. The first-order valence-electron chi connectivity index (χ1n) is 9.47. The molecule has 0 radical (unpaired) electrons. The highest BCUT2D eigenvalue weighted by molar-refractivity contribution is 5.85.